The second-order valence-electron chi connectivity index (χ2n) is 4.91. The predicted octanol–water partition coefficient (Wildman–Crippen LogP) is 4.25. The number of rotatable bonds is 6. The molecule has 0 spiro atoms. The summed E-state index contributed by atoms with van der Waals surface area (Å²) in [4.78, 5) is 6.48. The van der Waals surface area contributed by atoms with Gasteiger partial charge in [0.15, 0.2) is 5.96 Å². The van der Waals surface area contributed by atoms with Crippen LogP contribution in [-0.4, -0.2) is 23.9 Å². The first kappa shape index (κ1) is 19.3. The van der Waals surface area contributed by atoms with E-state index in [1.807, 2.05) is 59.5 Å². The lowest BCUT2D eigenvalue weighted by Gasteiger charge is -2.19. The van der Waals surface area contributed by atoms with E-state index in [1.54, 1.807) is 0 Å². The molecular formula is C18H24IN3O. The van der Waals surface area contributed by atoms with E-state index in [0.29, 0.717) is 12.5 Å². The number of aliphatic imine (C=N–C) groups is 1. The fourth-order valence-electron chi connectivity index (χ4n) is 2.15. The molecule has 0 bridgehead atoms. The van der Waals surface area contributed by atoms with E-state index >= 15 is 0 Å². The summed E-state index contributed by atoms with van der Waals surface area (Å²) in [5.41, 5.74) is 7.07. The first-order valence-corrected chi connectivity index (χ1v) is 7.59. The van der Waals surface area contributed by atoms with E-state index in [4.69, 9.17) is 10.5 Å². The van der Waals surface area contributed by atoms with Crippen molar-refractivity contribution in [2.45, 2.75) is 20.4 Å². The van der Waals surface area contributed by atoms with Gasteiger partial charge in [0.2, 0.25) is 0 Å². The van der Waals surface area contributed by atoms with Crippen molar-refractivity contribution < 1.29 is 4.74 Å². The summed E-state index contributed by atoms with van der Waals surface area (Å²) in [5, 5.41) is 0. The summed E-state index contributed by atoms with van der Waals surface area (Å²) in [7, 11) is 0. The average Bonchev–Trinajstić information content (AvgIpc) is 2.55. The smallest absolute Gasteiger partial charge is 0.191 e. The van der Waals surface area contributed by atoms with Crippen LogP contribution in [0.15, 0.2) is 59.6 Å². The molecule has 0 saturated heterocycles. The standard InChI is InChI=1S/C18H23N3O.HI/c1-3-21(4-2)18(19)20-14-15-9-8-12-17(13-15)22-16-10-6-5-7-11-16;/h5-13H,3-4,14H2,1-2H3,(H2,19,20);1H. The molecule has 0 amide bonds. The molecule has 2 aromatic carbocycles. The number of guanidine groups is 1. The number of para-hydroxylation sites is 1. The Morgan fingerprint density at radius 3 is 2.30 bits per heavy atom. The average molecular weight is 425 g/mol. The Bertz CT molecular complexity index is 613. The summed E-state index contributed by atoms with van der Waals surface area (Å²) in [6.45, 7) is 6.42. The Hall–Kier alpha value is -1.76. The zero-order valence-corrected chi connectivity index (χ0v) is 15.9. The molecule has 2 aromatic rings. The lowest BCUT2D eigenvalue weighted by atomic mass is 10.2. The van der Waals surface area contributed by atoms with Crippen LogP contribution in [0, 0.1) is 0 Å². The molecule has 2 N–H and O–H groups in total. The molecule has 0 atom stereocenters. The van der Waals surface area contributed by atoms with Crippen molar-refractivity contribution in [3.05, 3.63) is 60.2 Å². The van der Waals surface area contributed by atoms with E-state index in [9.17, 15) is 0 Å². The summed E-state index contributed by atoms with van der Waals surface area (Å²) < 4.78 is 5.83. The summed E-state index contributed by atoms with van der Waals surface area (Å²) in [5.74, 6) is 2.21. The minimum atomic E-state index is 0. The van der Waals surface area contributed by atoms with Gasteiger partial charge < -0.3 is 15.4 Å². The number of hydrogen-bond donors (Lipinski definition) is 1. The van der Waals surface area contributed by atoms with Gasteiger partial charge in [-0.2, -0.15) is 0 Å². The van der Waals surface area contributed by atoms with Crippen molar-refractivity contribution in [2.75, 3.05) is 13.1 Å². The fourth-order valence-corrected chi connectivity index (χ4v) is 2.15. The third-order valence-corrected chi connectivity index (χ3v) is 3.39. The molecule has 5 heteroatoms. The second-order valence-corrected chi connectivity index (χ2v) is 4.91. The Balaban J connectivity index is 0.00000264. The number of hydrogen-bond acceptors (Lipinski definition) is 2. The number of benzene rings is 2. The Labute approximate surface area is 155 Å². The second kappa shape index (κ2) is 10.1. The fraction of sp³-hybridized carbons (Fsp3) is 0.278. The number of ether oxygens (including phenoxy) is 1. The third kappa shape index (κ3) is 6.09. The highest BCUT2D eigenvalue weighted by atomic mass is 127. The van der Waals surface area contributed by atoms with Crippen molar-refractivity contribution in [3.63, 3.8) is 0 Å². The molecule has 0 aliphatic rings. The van der Waals surface area contributed by atoms with E-state index in [-0.39, 0.29) is 24.0 Å². The zero-order valence-electron chi connectivity index (χ0n) is 13.6. The molecule has 2 rings (SSSR count). The van der Waals surface area contributed by atoms with Gasteiger partial charge in [-0.1, -0.05) is 30.3 Å². The molecule has 0 fully saturated rings. The molecule has 0 saturated carbocycles. The molecule has 0 radical (unpaired) electrons. The van der Waals surface area contributed by atoms with Gasteiger partial charge in [-0.05, 0) is 43.7 Å². The van der Waals surface area contributed by atoms with Gasteiger partial charge >= 0.3 is 0 Å². The maximum atomic E-state index is 5.99. The molecule has 0 heterocycles. The SMILES string of the molecule is CCN(CC)C(N)=NCc1cccc(Oc2ccccc2)c1.I. The van der Waals surface area contributed by atoms with Crippen molar-refractivity contribution in [3.8, 4) is 11.5 Å². The monoisotopic (exact) mass is 425 g/mol. The predicted molar refractivity (Wildman–Crippen MR) is 107 cm³/mol. The van der Waals surface area contributed by atoms with E-state index < -0.39 is 0 Å². The number of halogens is 1. The number of nitrogens with zero attached hydrogens (tertiary/aromatic N) is 2. The molecule has 0 aliphatic carbocycles. The van der Waals surface area contributed by atoms with Gasteiger partial charge in [0.1, 0.15) is 11.5 Å². The Morgan fingerprint density at radius 1 is 1.00 bits per heavy atom. The molecule has 124 valence electrons. The van der Waals surface area contributed by atoms with Crippen LogP contribution in [0.25, 0.3) is 0 Å². The lowest BCUT2D eigenvalue weighted by molar-refractivity contribution is 0.458. The lowest BCUT2D eigenvalue weighted by Crippen LogP contribution is -2.37. The van der Waals surface area contributed by atoms with E-state index in [0.717, 1.165) is 30.2 Å². The van der Waals surface area contributed by atoms with Crippen LogP contribution in [0.2, 0.25) is 0 Å². The van der Waals surface area contributed by atoms with Crippen molar-refractivity contribution in [1.29, 1.82) is 0 Å². The van der Waals surface area contributed by atoms with Gasteiger partial charge in [0.25, 0.3) is 0 Å². The van der Waals surface area contributed by atoms with Gasteiger partial charge in [-0.25, -0.2) is 4.99 Å². The summed E-state index contributed by atoms with van der Waals surface area (Å²) in [6, 6.07) is 17.7. The Kier molecular flexibility index (Phi) is 8.47. The van der Waals surface area contributed by atoms with Crippen LogP contribution in [0.5, 0.6) is 11.5 Å². The highest BCUT2D eigenvalue weighted by Crippen LogP contribution is 2.22. The maximum Gasteiger partial charge on any atom is 0.191 e. The van der Waals surface area contributed by atoms with Crippen LogP contribution < -0.4 is 10.5 Å². The quantitative estimate of drug-likeness (QED) is 0.428. The van der Waals surface area contributed by atoms with Crippen LogP contribution >= 0.6 is 24.0 Å². The molecule has 4 nitrogen and oxygen atoms in total. The van der Waals surface area contributed by atoms with Crippen molar-refractivity contribution in [2.24, 2.45) is 10.7 Å². The summed E-state index contributed by atoms with van der Waals surface area (Å²) >= 11 is 0. The molecule has 0 aliphatic heterocycles. The first-order chi connectivity index (χ1) is 10.7. The van der Waals surface area contributed by atoms with Crippen LogP contribution in [0.3, 0.4) is 0 Å². The van der Waals surface area contributed by atoms with Crippen LogP contribution in [0.4, 0.5) is 0 Å². The van der Waals surface area contributed by atoms with Gasteiger partial charge in [0, 0.05) is 13.1 Å². The Morgan fingerprint density at radius 2 is 1.65 bits per heavy atom. The van der Waals surface area contributed by atoms with E-state index in [1.165, 1.54) is 0 Å². The number of nitrogens with two attached hydrogens (primary N) is 1. The van der Waals surface area contributed by atoms with Gasteiger partial charge in [0.05, 0.1) is 6.54 Å². The highest BCUT2D eigenvalue weighted by Gasteiger charge is 2.03. The topological polar surface area (TPSA) is 50.8 Å². The van der Waals surface area contributed by atoms with Crippen molar-refractivity contribution in [1.82, 2.24) is 4.90 Å². The molecule has 0 aromatic heterocycles. The van der Waals surface area contributed by atoms with Crippen LogP contribution in [-0.2, 0) is 6.54 Å². The minimum absolute atomic E-state index is 0. The zero-order chi connectivity index (χ0) is 15.8. The first-order valence-electron chi connectivity index (χ1n) is 7.59. The van der Waals surface area contributed by atoms with E-state index in [2.05, 4.69) is 18.8 Å². The largest absolute Gasteiger partial charge is 0.457 e. The summed E-state index contributed by atoms with van der Waals surface area (Å²) in [6.07, 6.45) is 0. The van der Waals surface area contributed by atoms with Crippen LogP contribution in [0.1, 0.15) is 19.4 Å². The highest BCUT2D eigenvalue weighted by molar-refractivity contribution is 14.0. The van der Waals surface area contributed by atoms with Gasteiger partial charge in [-0.15, -0.1) is 24.0 Å². The molecule has 23 heavy (non-hydrogen) atoms. The molecule has 0 unspecified atom stereocenters. The molecular weight excluding hydrogens is 401 g/mol. The normalized spacial score (nSPS) is 10.8. The van der Waals surface area contributed by atoms with Crippen molar-refractivity contribution >= 4 is 29.9 Å². The van der Waals surface area contributed by atoms with Gasteiger partial charge in [-0.3, -0.25) is 0 Å². The maximum absolute atomic E-state index is 5.99. The minimum Gasteiger partial charge on any atom is -0.457 e. The third-order valence-electron chi connectivity index (χ3n) is 3.39.